The summed E-state index contributed by atoms with van der Waals surface area (Å²) in [6, 6.07) is 3.72. The summed E-state index contributed by atoms with van der Waals surface area (Å²) in [5, 5.41) is 2.90. The molecule has 1 aromatic rings. The van der Waals surface area contributed by atoms with Gasteiger partial charge in [0.1, 0.15) is 22.9 Å². The average molecular weight is 312 g/mol. The number of hydrogen-bond acceptors (Lipinski definition) is 3. The maximum absolute atomic E-state index is 13.6. The minimum absolute atomic E-state index is 0.0647. The van der Waals surface area contributed by atoms with Crippen LogP contribution in [0.2, 0.25) is 0 Å². The van der Waals surface area contributed by atoms with Crippen molar-refractivity contribution < 1.29 is 18.3 Å². The zero-order valence-corrected chi connectivity index (χ0v) is 13.2. The molecular formula is C16H22F2N2O2. The zero-order chi connectivity index (χ0) is 16.3. The van der Waals surface area contributed by atoms with Gasteiger partial charge in [-0.1, -0.05) is 6.07 Å². The first-order valence-corrected chi connectivity index (χ1v) is 7.45. The van der Waals surface area contributed by atoms with Gasteiger partial charge in [0.25, 0.3) is 0 Å². The molecule has 6 heteroatoms. The van der Waals surface area contributed by atoms with Crippen LogP contribution in [0.3, 0.4) is 0 Å². The summed E-state index contributed by atoms with van der Waals surface area (Å²) in [6.07, 6.45) is 0.892. The van der Waals surface area contributed by atoms with Gasteiger partial charge in [0.2, 0.25) is 0 Å². The zero-order valence-electron chi connectivity index (χ0n) is 13.2. The van der Waals surface area contributed by atoms with E-state index in [9.17, 15) is 13.6 Å². The van der Waals surface area contributed by atoms with Crippen molar-refractivity contribution in [3.63, 3.8) is 0 Å². The largest absolute Gasteiger partial charge is 0.444 e. The van der Waals surface area contributed by atoms with Crippen LogP contribution in [0.25, 0.3) is 0 Å². The minimum atomic E-state index is -0.602. The van der Waals surface area contributed by atoms with Crippen LogP contribution in [0.5, 0.6) is 0 Å². The molecule has 1 N–H and O–H groups in total. The molecule has 0 aliphatic carbocycles. The third-order valence-corrected chi connectivity index (χ3v) is 3.46. The summed E-state index contributed by atoms with van der Waals surface area (Å²) in [4.78, 5) is 13.6. The maximum atomic E-state index is 13.6. The average Bonchev–Trinajstić information content (AvgIpc) is 2.42. The second-order valence-corrected chi connectivity index (χ2v) is 6.48. The van der Waals surface area contributed by atoms with Gasteiger partial charge in [-0.15, -0.1) is 0 Å². The molecule has 1 heterocycles. The van der Waals surface area contributed by atoms with E-state index in [1.807, 2.05) is 20.8 Å². The van der Waals surface area contributed by atoms with Gasteiger partial charge in [-0.05, 0) is 45.7 Å². The van der Waals surface area contributed by atoms with E-state index in [0.717, 1.165) is 0 Å². The molecule has 4 nitrogen and oxygen atoms in total. The topological polar surface area (TPSA) is 41.6 Å². The summed E-state index contributed by atoms with van der Waals surface area (Å²) >= 11 is 0. The molecule has 1 aliphatic heterocycles. The molecule has 2 rings (SSSR count). The fourth-order valence-electron chi connectivity index (χ4n) is 2.37. The molecule has 0 atom stereocenters. The number of hydrogen-bond donors (Lipinski definition) is 1. The highest BCUT2D eigenvalue weighted by atomic mass is 19.1. The molecule has 0 aromatic heterocycles. The van der Waals surface area contributed by atoms with Crippen LogP contribution in [0.15, 0.2) is 18.2 Å². The van der Waals surface area contributed by atoms with E-state index in [2.05, 4.69) is 5.32 Å². The molecule has 0 spiro atoms. The number of carbonyl (C=O) groups is 1. The predicted molar refractivity (Wildman–Crippen MR) is 80.8 cm³/mol. The normalized spacial score (nSPS) is 16.5. The van der Waals surface area contributed by atoms with Gasteiger partial charge >= 0.3 is 6.09 Å². The monoisotopic (exact) mass is 312 g/mol. The predicted octanol–water partition coefficient (Wildman–Crippen LogP) is 3.78. The summed E-state index contributed by atoms with van der Waals surface area (Å²) in [6.45, 7) is 6.46. The van der Waals surface area contributed by atoms with Crippen molar-refractivity contribution in [2.75, 3.05) is 18.4 Å². The van der Waals surface area contributed by atoms with Crippen molar-refractivity contribution in [2.24, 2.45) is 0 Å². The molecule has 1 fully saturated rings. The van der Waals surface area contributed by atoms with Crippen LogP contribution >= 0.6 is 0 Å². The Bertz CT molecular complexity index is 515. The van der Waals surface area contributed by atoms with E-state index in [4.69, 9.17) is 4.74 Å². The van der Waals surface area contributed by atoms with Crippen LogP contribution in [0, 0.1) is 11.6 Å². The third kappa shape index (κ3) is 4.32. The molecule has 0 saturated carbocycles. The van der Waals surface area contributed by atoms with Gasteiger partial charge in [-0.3, -0.25) is 0 Å². The van der Waals surface area contributed by atoms with Gasteiger partial charge in [0.05, 0.1) is 0 Å². The third-order valence-electron chi connectivity index (χ3n) is 3.46. The Morgan fingerprint density at radius 1 is 1.23 bits per heavy atom. The smallest absolute Gasteiger partial charge is 0.410 e. The minimum Gasteiger partial charge on any atom is -0.444 e. The fraction of sp³-hybridized carbons (Fsp3) is 0.562. The lowest BCUT2D eigenvalue weighted by molar-refractivity contribution is 0.0210. The second-order valence-electron chi connectivity index (χ2n) is 6.48. The summed E-state index contributed by atoms with van der Waals surface area (Å²) in [7, 11) is 0. The lowest BCUT2D eigenvalue weighted by Gasteiger charge is -2.34. The van der Waals surface area contributed by atoms with Crippen LogP contribution in [0.4, 0.5) is 19.3 Å². The first kappa shape index (κ1) is 16.5. The second kappa shape index (κ2) is 6.50. The number of ether oxygens (including phenoxy) is 1. The van der Waals surface area contributed by atoms with E-state index in [-0.39, 0.29) is 17.8 Å². The number of nitrogens with one attached hydrogen (secondary N) is 1. The molecule has 1 aromatic carbocycles. The number of piperidine rings is 1. The van der Waals surface area contributed by atoms with E-state index in [1.54, 1.807) is 4.90 Å². The highest BCUT2D eigenvalue weighted by molar-refractivity contribution is 5.68. The highest BCUT2D eigenvalue weighted by Gasteiger charge is 2.27. The Hall–Kier alpha value is -1.85. The SMILES string of the molecule is CC(C)(C)OC(=O)N1CCC(Nc2c(F)cccc2F)CC1. The first-order chi connectivity index (χ1) is 10.3. The molecule has 0 unspecified atom stereocenters. The number of para-hydroxylation sites is 1. The van der Waals surface area contributed by atoms with Crippen molar-refractivity contribution in [1.29, 1.82) is 0 Å². The number of carbonyl (C=O) groups excluding carboxylic acids is 1. The fourth-order valence-corrected chi connectivity index (χ4v) is 2.37. The molecule has 0 bridgehead atoms. The van der Waals surface area contributed by atoms with Gasteiger partial charge < -0.3 is 15.0 Å². The van der Waals surface area contributed by atoms with E-state index < -0.39 is 17.2 Å². The number of likely N-dealkylation sites (tertiary alicyclic amines) is 1. The van der Waals surface area contributed by atoms with Crippen molar-refractivity contribution in [2.45, 2.75) is 45.3 Å². The number of rotatable bonds is 2. The van der Waals surface area contributed by atoms with Crippen LogP contribution in [0.1, 0.15) is 33.6 Å². The molecule has 22 heavy (non-hydrogen) atoms. The molecule has 1 amide bonds. The Morgan fingerprint density at radius 2 is 1.77 bits per heavy atom. The Kier molecular flexibility index (Phi) is 4.88. The quantitative estimate of drug-likeness (QED) is 0.903. The molecule has 1 aliphatic rings. The molecular weight excluding hydrogens is 290 g/mol. The Balaban J connectivity index is 1.89. The van der Waals surface area contributed by atoms with Gasteiger partial charge in [-0.25, -0.2) is 13.6 Å². The van der Waals surface area contributed by atoms with E-state index in [1.165, 1.54) is 18.2 Å². The molecule has 0 radical (unpaired) electrons. The lowest BCUT2D eigenvalue weighted by atomic mass is 10.0. The van der Waals surface area contributed by atoms with Crippen LogP contribution < -0.4 is 5.32 Å². The van der Waals surface area contributed by atoms with Gasteiger partial charge in [0, 0.05) is 19.1 Å². The number of anilines is 1. The van der Waals surface area contributed by atoms with Crippen LogP contribution in [-0.2, 0) is 4.74 Å². The van der Waals surface area contributed by atoms with Crippen molar-refractivity contribution in [3.05, 3.63) is 29.8 Å². The molecule has 122 valence electrons. The van der Waals surface area contributed by atoms with Crippen molar-refractivity contribution in [1.82, 2.24) is 4.90 Å². The van der Waals surface area contributed by atoms with E-state index in [0.29, 0.717) is 25.9 Å². The summed E-state index contributed by atoms with van der Waals surface area (Å²) < 4.78 is 32.5. The van der Waals surface area contributed by atoms with Crippen LogP contribution in [-0.4, -0.2) is 35.7 Å². The number of benzene rings is 1. The standard InChI is InChI=1S/C16H22F2N2O2/c1-16(2,3)22-15(21)20-9-7-11(8-10-20)19-14-12(17)5-4-6-13(14)18/h4-6,11,19H,7-10H2,1-3H3. The number of amides is 1. The molecule has 1 saturated heterocycles. The maximum Gasteiger partial charge on any atom is 0.410 e. The van der Waals surface area contributed by atoms with Crippen molar-refractivity contribution >= 4 is 11.8 Å². The number of nitrogens with zero attached hydrogens (tertiary/aromatic N) is 1. The van der Waals surface area contributed by atoms with E-state index >= 15 is 0 Å². The number of halogens is 2. The Morgan fingerprint density at radius 3 is 2.27 bits per heavy atom. The highest BCUT2D eigenvalue weighted by Crippen LogP contribution is 2.23. The summed E-state index contributed by atoms with van der Waals surface area (Å²) in [5.74, 6) is -1.20. The van der Waals surface area contributed by atoms with Gasteiger partial charge in [0.15, 0.2) is 0 Å². The first-order valence-electron chi connectivity index (χ1n) is 7.45. The summed E-state index contributed by atoms with van der Waals surface area (Å²) in [5.41, 5.74) is -0.624. The Labute approximate surface area is 129 Å². The van der Waals surface area contributed by atoms with Crippen molar-refractivity contribution in [3.8, 4) is 0 Å². The lowest BCUT2D eigenvalue weighted by Crippen LogP contribution is -2.44. The van der Waals surface area contributed by atoms with Gasteiger partial charge in [-0.2, -0.15) is 0 Å².